The van der Waals surface area contributed by atoms with Crippen molar-refractivity contribution in [2.24, 2.45) is 27.9 Å². The number of hydrogen-bond acceptors (Lipinski definition) is 6. The lowest BCUT2D eigenvalue weighted by Gasteiger charge is -2.23. The van der Waals surface area contributed by atoms with Gasteiger partial charge in [0.25, 0.3) is 5.91 Å². The van der Waals surface area contributed by atoms with Crippen molar-refractivity contribution in [2.45, 2.75) is 37.5 Å². The minimum absolute atomic E-state index is 0.0233. The predicted molar refractivity (Wildman–Crippen MR) is 141 cm³/mol. The number of aryl methyl sites for hydroxylation is 1. The van der Waals surface area contributed by atoms with Crippen LogP contribution in [0.1, 0.15) is 29.5 Å². The van der Waals surface area contributed by atoms with Crippen LogP contribution in [0.25, 0.3) is 0 Å². The Balaban J connectivity index is 2.25. The average molecular weight is 568 g/mol. The highest BCUT2D eigenvalue weighted by atomic mass is 19.4. The van der Waals surface area contributed by atoms with E-state index in [1.165, 1.54) is 4.90 Å². The van der Waals surface area contributed by atoms with Crippen molar-refractivity contribution < 1.29 is 31.9 Å². The summed E-state index contributed by atoms with van der Waals surface area (Å²) < 4.78 is 53.1. The molecule has 2 atom stereocenters. The smallest absolute Gasteiger partial charge is 0.383 e. The van der Waals surface area contributed by atoms with Gasteiger partial charge in [-0.2, -0.15) is 18.2 Å². The van der Waals surface area contributed by atoms with Crippen molar-refractivity contribution in [3.05, 3.63) is 71.0 Å². The number of carbonyl (C=O) groups is 3. The monoisotopic (exact) mass is 567 g/mol. The molecular formula is C26H33F4N7O3. The van der Waals surface area contributed by atoms with Crippen molar-refractivity contribution in [2.75, 3.05) is 26.2 Å². The lowest BCUT2D eigenvalue weighted by molar-refractivity contribution is -0.137. The first-order valence-electron chi connectivity index (χ1n) is 12.4. The number of nitrogens with two attached hydrogens (primary N) is 4. The van der Waals surface area contributed by atoms with Crippen LogP contribution in [0.3, 0.4) is 0 Å². The molecule has 0 aliphatic carbocycles. The number of hydrogen-bond donors (Lipinski definition) is 5. The summed E-state index contributed by atoms with van der Waals surface area (Å²) in [5, 5.41) is 2.45. The number of amidine groups is 1. The van der Waals surface area contributed by atoms with Crippen LogP contribution in [-0.4, -0.2) is 66.7 Å². The molecule has 0 bridgehead atoms. The summed E-state index contributed by atoms with van der Waals surface area (Å²) in [5.41, 5.74) is 21.7. The lowest BCUT2D eigenvalue weighted by atomic mass is 10.0. The molecule has 0 spiro atoms. The fraction of sp³-hybridized carbons (Fsp3) is 0.385. The molecule has 40 heavy (non-hydrogen) atoms. The molecule has 10 nitrogen and oxygen atoms in total. The fourth-order valence-electron chi connectivity index (χ4n) is 3.74. The maximum Gasteiger partial charge on any atom is 0.416 e. The summed E-state index contributed by atoms with van der Waals surface area (Å²) in [6, 6.07) is 7.84. The van der Waals surface area contributed by atoms with Crippen molar-refractivity contribution in [1.82, 2.24) is 10.2 Å². The molecule has 9 N–H and O–H groups in total. The summed E-state index contributed by atoms with van der Waals surface area (Å²) in [7, 11) is 0. The van der Waals surface area contributed by atoms with Crippen LogP contribution in [0.2, 0.25) is 0 Å². The second-order valence-electron chi connectivity index (χ2n) is 8.92. The van der Waals surface area contributed by atoms with Gasteiger partial charge >= 0.3 is 6.18 Å². The molecule has 2 aromatic carbocycles. The van der Waals surface area contributed by atoms with E-state index in [0.717, 1.165) is 5.56 Å². The number of amides is 3. The molecule has 0 fully saturated rings. The minimum Gasteiger partial charge on any atom is -0.383 e. The number of nitrogens with zero attached hydrogens (tertiary/aromatic N) is 2. The molecule has 0 unspecified atom stereocenters. The number of rotatable bonds is 13. The van der Waals surface area contributed by atoms with Crippen LogP contribution in [0.5, 0.6) is 0 Å². The maximum atomic E-state index is 13.8. The van der Waals surface area contributed by atoms with Gasteiger partial charge in [-0.3, -0.25) is 14.4 Å². The van der Waals surface area contributed by atoms with Crippen LogP contribution in [0.4, 0.5) is 17.6 Å². The lowest BCUT2D eigenvalue weighted by Crippen LogP contribution is -2.50. The van der Waals surface area contributed by atoms with E-state index in [0.29, 0.717) is 18.6 Å². The standard InChI is InChI=1S/C26H33F4N7O3/c27-19-13-17(12-18(14-19)26(28,29)30)23(34)36-25(40)21(7-6-16-4-2-1-3-5-16)35-24(39)20(33)15-22(38)37(10-8-31)11-9-32/h1-5,12-14,20-21H,6-11,15,31-33H2,(H,35,39)(H2,34,36,40)/t20-,21-/m0/s1. The van der Waals surface area contributed by atoms with E-state index in [-0.39, 0.29) is 45.1 Å². The molecule has 0 radical (unpaired) electrons. The minimum atomic E-state index is -4.86. The largest absolute Gasteiger partial charge is 0.416 e. The van der Waals surface area contributed by atoms with Crippen LogP contribution in [0.15, 0.2) is 53.5 Å². The van der Waals surface area contributed by atoms with Gasteiger partial charge in [0.1, 0.15) is 17.7 Å². The third-order valence-corrected chi connectivity index (χ3v) is 5.81. The first-order chi connectivity index (χ1) is 18.8. The van der Waals surface area contributed by atoms with Gasteiger partial charge in [-0.1, -0.05) is 30.3 Å². The zero-order valence-electron chi connectivity index (χ0n) is 21.7. The van der Waals surface area contributed by atoms with E-state index in [9.17, 15) is 31.9 Å². The quantitative estimate of drug-likeness (QED) is 0.134. The van der Waals surface area contributed by atoms with E-state index in [4.69, 9.17) is 22.9 Å². The molecular weight excluding hydrogens is 534 g/mol. The number of benzene rings is 2. The number of alkyl halides is 3. The van der Waals surface area contributed by atoms with Crippen LogP contribution < -0.4 is 28.3 Å². The Morgan fingerprint density at radius 1 is 1.00 bits per heavy atom. The first-order valence-corrected chi connectivity index (χ1v) is 12.4. The van der Waals surface area contributed by atoms with Crippen LogP contribution in [-0.2, 0) is 27.0 Å². The molecule has 0 heterocycles. The van der Waals surface area contributed by atoms with E-state index in [1.807, 2.05) is 0 Å². The molecule has 3 amide bonds. The van der Waals surface area contributed by atoms with Crippen molar-refractivity contribution >= 4 is 23.6 Å². The summed E-state index contributed by atoms with van der Waals surface area (Å²) >= 11 is 0. The molecule has 0 aliphatic heterocycles. The normalized spacial score (nSPS) is 13.4. The summed E-state index contributed by atoms with van der Waals surface area (Å²) in [6.45, 7) is 0.788. The van der Waals surface area contributed by atoms with Gasteiger partial charge < -0.3 is 33.2 Å². The first kappa shape index (κ1) is 32.3. The van der Waals surface area contributed by atoms with E-state index in [2.05, 4.69) is 10.3 Å². The van der Waals surface area contributed by atoms with Gasteiger partial charge in [0, 0.05) is 31.7 Å². The van der Waals surface area contributed by atoms with Gasteiger partial charge in [-0.15, -0.1) is 0 Å². The highest BCUT2D eigenvalue weighted by molar-refractivity contribution is 6.06. The highest BCUT2D eigenvalue weighted by Gasteiger charge is 2.32. The van der Waals surface area contributed by atoms with E-state index >= 15 is 0 Å². The van der Waals surface area contributed by atoms with E-state index in [1.54, 1.807) is 30.3 Å². The Hall–Kier alpha value is -3.88. The van der Waals surface area contributed by atoms with Gasteiger partial charge in [0.05, 0.1) is 18.0 Å². The van der Waals surface area contributed by atoms with E-state index < -0.39 is 58.8 Å². The van der Waals surface area contributed by atoms with Crippen molar-refractivity contribution in [3.8, 4) is 0 Å². The summed E-state index contributed by atoms with van der Waals surface area (Å²) in [4.78, 5) is 43.4. The average Bonchev–Trinajstić information content (AvgIpc) is 2.90. The van der Waals surface area contributed by atoms with Crippen molar-refractivity contribution in [1.29, 1.82) is 0 Å². The van der Waals surface area contributed by atoms with Crippen LogP contribution >= 0.6 is 0 Å². The Morgan fingerprint density at radius 3 is 2.20 bits per heavy atom. The third kappa shape index (κ3) is 10.0. The van der Waals surface area contributed by atoms with Crippen LogP contribution in [0, 0.1) is 5.82 Å². The zero-order valence-corrected chi connectivity index (χ0v) is 21.7. The Labute approximate surface area is 228 Å². The van der Waals surface area contributed by atoms with Gasteiger partial charge in [-0.05, 0) is 36.6 Å². The summed E-state index contributed by atoms with van der Waals surface area (Å²) in [5.74, 6) is -4.18. The molecule has 0 aromatic heterocycles. The Kier molecular flexibility index (Phi) is 12.2. The molecule has 2 aromatic rings. The molecule has 2 rings (SSSR count). The number of nitrogens with one attached hydrogen (secondary N) is 1. The number of aliphatic imine (C=N–C) groups is 1. The van der Waals surface area contributed by atoms with Gasteiger partial charge in [0.15, 0.2) is 0 Å². The number of halogens is 4. The third-order valence-electron chi connectivity index (χ3n) is 5.81. The molecule has 0 saturated heterocycles. The number of carbonyl (C=O) groups excluding carboxylic acids is 3. The highest BCUT2D eigenvalue weighted by Crippen LogP contribution is 2.30. The summed E-state index contributed by atoms with van der Waals surface area (Å²) in [6.07, 6.45) is -4.92. The fourth-order valence-corrected chi connectivity index (χ4v) is 3.74. The van der Waals surface area contributed by atoms with Gasteiger partial charge in [-0.25, -0.2) is 4.39 Å². The molecule has 0 saturated carbocycles. The zero-order chi connectivity index (χ0) is 29.9. The Morgan fingerprint density at radius 2 is 1.62 bits per heavy atom. The predicted octanol–water partition coefficient (Wildman–Crippen LogP) is 0.657. The second kappa shape index (κ2) is 15.1. The van der Waals surface area contributed by atoms with Gasteiger partial charge in [0.2, 0.25) is 11.8 Å². The Bertz CT molecular complexity index is 1190. The molecule has 218 valence electrons. The second-order valence-corrected chi connectivity index (χ2v) is 8.92. The topological polar surface area (TPSA) is 183 Å². The molecule has 14 heteroatoms. The molecule has 0 aliphatic rings. The maximum absolute atomic E-state index is 13.8. The SMILES string of the molecule is NCCN(CCN)C(=O)C[C@H](N)C(=O)N[C@@H](CCc1ccccc1)C(=O)N=C(N)c1cc(F)cc(C(F)(F)F)c1. The van der Waals surface area contributed by atoms with Crippen molar-refractivity contribution in [3.63, 3.8) is 0 Å².